The van der Waals surface area contributed by atoms with Gasteiger partial charge in [0.05, 0.1) is 4.47 Å². The Morgan fingerprint density at radius 1 is 1.40 bits per heavy atom. The van der Waals surface area contributed by atoms with Crippen molar-refractivity contribution in [2.75, 3.05) is 6.54 Å². The average Bonchev–Trinajstić information content (AvgIpc) is 2.73. The van der Waals surface area contributed by atoms with Crippen LogP contribution in [0, 0.1) is 11.6 Å². The average molecular weight is 278 g/mol. The lowest BCUT2D eigenvalue weighted by Crippen LogP contribution is -2.15. The van der Waals surface area contributed by atoms with E-state index in [1.165, 1.54) is 6.07 Å². The van der Waals surface area contributed by atoms with Crippen LogP contribution in [0.25, 0.3) is 0 Å². The molecular formula is C10H10BrF2NO. The van der Waals surface area contributed by atoms with Crippen LogP contribution in [0.15, 0.2) is 10.5 Å². The maximum atomic E-state index is 13.5. The van der Waals surface area contributed by atoms with E-state index >= 15 is 0 Å². The van der Waals surface area contributed by atoms with Gasteiger partial charge in [-0.05, 0) is 41.4 Å². The summed E-state index contributed by atoms with van der Waals surface area (Å²) in [6.45, 7) is 0.810. The van der Waals surface area contributed by atoms with Crippen LogP contribution in [0.4, 0.5) is 8.78 Å². The predicted octanol–water partition coefficient (Wildman–Crippen LogP) is 2.86. The molecule has 0 radical (unpaired) electrons. The highest BCUT2D eigenvalue weighted by molar-refractivity contribution is 9.10. The van der Waals surface area contributed by atoms with Gasteiger partial charge < -0.3 is 10.4 Å². The number of nitrogens with one attached hydrogen (secondary N) is 1. The smallest absolute Gasteiger partial charge is 0.201 e. The summed E-state index contributed by atoms with van der Waals surface area (Å²) in [6, 6.07) is 1.27. The molecule has 0 amide bonds. The molecule has 5 heteroatoms. The summed E-state index contributed by atoms with van der Waals surface area (Å²) in [7, 11) is 0. The number of aromatic hydroxyl groups is 1. The number of phenols is 1. The molecule has 1 atom stereocenters. The second kappa shape index (κ2) is 4.06. The van der Waals surface area contributed by atoms with Crippen molar-refractivity contribution in [3.8, 4) is 5.75 Å². The Kier molecular flexibility index (Phi) is 2.93. The summed E-state index contributed by atoms with van der Waals surface area (Å²) in [5, 5.41) is 12.3. The van der Waals surface area contributed by atoms with Crippen molar-refractivity contribution in [2.24, 2.45) is 0 Å². The standard InChI is InChI=1S/C10H10BrF2NO/c11-6-4-5(7-2-1-3-14-7)8(12)9(13)10(6)15/h4,7,14-15H,1-3H2. The minimum absolute atomic E-state index is 0.156. The zero-order valence-electron chi connectivity index (χ0n) is 7.86. The molecule has 82 valence electrons. The third-order valence-electron chi connectivity index (χ3n) is 2.60. The first-order valence-corrected chi connectivity index (χ1v) is 5.50. The number of hydrogen-bond acceptors (Lipinski definition) is 2. The van der Waals surface area contributed by atoms with Crippen molar-refractivity contribution in [1.82, 2.24) is 5.32 Å². The molecule has 0 bridgehead atoms. The van der Waals surface area contributed by atoms with E-state index in [2.05, 4.69) is 21.2 Å². The van der Waals surface area contributed by atoms with E-state index in [1.807, 2.05) is 0 Å². The molecule has 2 rings (SSSR count). The molecule has 1 aromatic carbocycles. The molecule has 1 aliphatic rings. The van der Waals surface area contributed by atoms with E-state index < -0.39 is 17.4 Å². The Balaban J connectivity index is 2.47. The number of hydrogen-bond donors (Lipinski definition) is 2. The molecule has 0 aromatic heterocycles. The van der Waals surface area contributed by atoms with Crippen LogP contribution >= 0.6 is 15.9 Å². The van der Waals surface area contributed by atoms with Gasteiger partial charge in [0.1, 0.15) is 0 Å². The van der Waals surface area contributed by atoms with Crippen LogP contribution in [-0.4, -0.2) is 11.7 Å². The molecule has 1 aliphatic heterocycles. The van der Waals surface area contributed by atoms with Crippen molar-refractivity contribution < 1.29 is 13.9 Å². The number of benzene rings is 1. The Morgan fingerprint density at radius 2 is 2.13 bits per heavy atom. The van der Waals surface area contributed by atoms with Crippen molar-refractivity contribution in [2.45, 2.75) is 18.9 Å². The molecule has 1 unspecified atom stereocenters. The van der Waals surface area contributed by atoms with Crippen LogP contribution in [-0.2, 0) is 0 Å². The lowest BCUT2D eigenvalue weighted by atomic mass is 10.0. The van der Waals surface area contributed by atoms with E-state index in [9.17, 15) is 13.9 Å². The molecule has 2 N–H and O–H groups in total. The van der Waals surface area contributed by atoms with E-state index in [1.54, 1.807) is 0 Å². The fourth-order valence-electron chi connectivity index (χ4n) is 1.81. The van der Waals surface area contributed by atoms with Gasteiger partial charge in [0, 0.05) is 11.6 Å². The molecule has 1 fully saturated rings. The Morgan fingerprint density at radius 3 is 2.73 bits per heavy atom. The Hall–Kier alpha value is -0.680. The van der Waals surface area contributed by atoms with Gasteiger partial charge in [-0.25, -0.2) is 4.39 Å². The van der Waals surface area contributed by atoms with Gasteiger partial charge in [0.2, 0.25) is 5.82 Å². The van der Waals surface area contributed by atoms with Gasteiger partial charge in [-0.3, -0.25) is 0 Å². The normalized spacial score (nSPS) is 20.9. The van der Waals surface area contributed by atoms with Gasteiger partial charge in [-0.15, -0.1) is 0 Å². The second-order valence-electron chi connectivity index (χ2n) is 3.57. The van der Waals surface area contributed by atoms with E-state index in [4.69, 9.17) is 0 Å². The SMILES string of the molecule is Oc1c(Br)cc(C2CCCN2)c(F)c1F. The molecule has 15 heavy (non-hydrogen) atoms. The van der Waals surface area contributed by atoms with Gasteiger partial charge in [-0.2, -0.15) is 4.39 Å². The molecule has 0 saturated carbocycles. The van der Waals surface area contributed by atoms with Gasteiger partial charge >= 0.3 is 0 Å². The minimum atomic E-state index is -1.19. The number of phenolic OH excluding ortho intramolecular Hbond substituents is 1. The van der Waals surface area contributed by atoms with Gasteiger partial charge in [0.25, 0.3) is 0 Å². The van der Waals surface area contributed by atoms with Gasteiger partial charge in [0.15, 0.2) is 11.6 Å². The summed E-state index contributed by atoms with van der Waals surface area (Å²) in [5.74, 6) is -2.82. The minimum Gasteiger partial charge on any atom is -0.504 e. The predicted molar refractivity (Wildman–Crippen MR) is 55.7 cm³/mol. The highest BCUT2D eigenvalue weighted by Crippen LogP contribution is 2.35. The van der Waals surface area contributed by atoms with Crippen LogP contribution in [0.5, 0.6) is 5.75 Å². The fourth-order valence-corrected chi connectivity index (χ4v) is 2.23. The second-order valence-corrected chi connectivity index (χ2v) is 4.43. The maximum absolute atomic E-state index is 13.5. The molecule has 1 aromatic rings. The van der Waals surface area contributed by atoms with E-state index in [0.29, 0.717) is 0 Å². The quantitative estimate of drug-likeness (QED) is 0.774. The van der Waals surface area contributed by atoms with Gasteiger partial charge in [-0.1, -0.05) is 0 Å². The lowest BCUT2D eigenvalue weighted by molar-refractivity contribution is 0.397. The van der Waals surface area contributed by atoms with E-state index in [-0.39, 0.29) is 16.1 Å². The third-order valence-corrected chi connectivity index (χ3v) is 3.20. The van der Waals surface area contributed by atoms with Crippen molar-refractivity contribution in [3.05, 3.63) is 27.7 Å². The summed E-state index contributed by atoms with van der Waals surface area (Å²) < 4.78 is 26.9. The highest BCUT2D eigenvalue weighted by atomic mass is 79.9. The highest BCUT2D eigenvalue weighted by Gasteiger charge is 2.24. The van der Waals surface area contributed by atoms with E-state index in [0.717, 1.165) is 19.4 Å². The molecule has 1 heterocycles. The molecule has 2 nitrogen and oxygen atoms in total. The zero-order valence-corrected chi connectivity index (χ0v) is 9.44. The first-order chi connectivity index (χ1) is 7.11. The van der Waals surface area contributed by atoms with Crippen LogP contribution in [0.1, 0.15) is 24.4 Å². The number of halogens is 3. The molecule has 0 spiro atoms. The first-order valence-electron chi connectivity index (χ1n) is 4.71. The zero-order chi connectivity index (χ0) is 11.0. The molecular weight excluding hydrogens is 268 g/mol. The van der Waals surface area contributed by atoms with Crippen LogP contribution in [0.3, 0.4) is 0 Å². The monoisotopic (exact) mass is 277 g/mol. The Labute approximate surface area is 94.4 Å². The first kappa shape index (κ1) is 10.8. The Bertz CT molecular complexity index is 391. The van der Waals surface area contributed by atoms with Crippen molar-refractivity contribution in [3.63, 3.8) is 0 Å². The lowest BCUT2D eigenvalue weighted by Gasteiger charge is -2.13. The van der Waals surface area contributed by atoms with Crippen molar-refractivity contribution >= 4 is 15.9 Å². The van der Waals surface area contributed by atoms with Crippen LogP contribution < -0.4 is 5.32 Å². The summed E-state index contributed by atoms with van der Waals surface area (Å²) >= 11 is 2.99. The fraction of sp³-hybridized carbons (Fsp3) is 0.400. The largest absolute Gasteiger partial charge is 0.504 e. The summed E-state index contributed by atoms with van der Waals surface area (Å²) in [5.41, 5.74) is 0.273. The topological polar surface area (TPSA) is 32.3 Å². The molecule has 1 saturated heterocycles. The maximum Gasteiger partial charge on any atom is 0.201 e. The third kappa shape index (κ3) is 1.86. The summed E-state index contributed by atoms with van der Waals surface area (Å²) in [6.07, 6.45) is 1.73. The van der Waals surface area contributed by atoms with Crippen LogP contribution in [0.2, 0.25) is 0 Å². The van der Waals surface area contributed by atoms with Crippen molar-refractivity contribution in [1.29, 1.82) is 0 Å². The number of rotatable bonds is 1. The summed E-state index contributed by atoms with van der Waals surface area (Å²) in [4.78, 5) is 0. The molecule has 0 aliphatic carbocycles.